The number of hydrogen-bond acceptors (Lipinski definition) is 2. The molecule has 1 rings (SSSR count). The summed E-state index contributed by atoms with van der Waals surface area (Å²) in [6, 6.07) is 0. The molecule has 1 aliphatic rings. The first-order chi connectivity index (χ1) is 5.45. The fourth-order valence-electron chi connectivity index (χ4n) is 1.16. The van der Waals surface area contributed by atoms with Crippen LogP contribution in [0.25, 0.3) is 0 Å². The van der Waals surface area contributed by atoms with Gasteiger partial charge in [-0.25, -0.2) is 12.8 Å². The molecule has 0 aliphatic carbocycles. The molecule has 0 aromatic rings. The molecule has 1 saturated heterocycles. The van der Waals surface area contributed by atoms with E-state index in [9.17, 15) is 12.8 Å². The lowest BCUT2D eigenvalue weighted by atomic mass is 10.1. The lowest BCUT2D eigenvalue weighted by molar-refractivity contribution is 0.316. The summed E-state index contributed by atoms with van der Waals surface area (Å²) >= 11 is 0. The van der Waals surface area contributed by atoms with E-state index in [4.69, 9.17) is 6.42 Å². The molecule has 5 heteroatoms. The van der Waals surface area contributed by atoms with Gasteiger partial charge in [-0.2, -0.15) is 4.31 Å². The third-order valence-electron chi connectivity index (χ3n) is 1.90. The van der Waals surface area contributed by atoms with Crippen LogP contribution in [0.2, 0.25) is 0 Å². The van der Waals surface area contributed by atoms with Crippen molar-refractivity contribution in [2.24, 2.45) is 5.92 Å². The zero-order valence-electron chi connectivity index (χ0n) is 6.70. The van der Waals surface area contributed by atoms with Crippen LogP contribution in [-0.4, -0.2) is 38.2 Å². The van der Waals surface area contributed by atoms with E-state index in [1.54, 1.807) is 0 Å². The number of alkyl halides is 1. The summed E-state index contributed by atoms with van der Waals surface area (Å²) in [7, 11) is -3.28. The van der Waals surface area contributed by atoms with E-state index in [0.29, 0.717) is 0 Å². The Morgan fingerprint density at radius 2 is 2.17 bits per heavy atom. The van der Waals surface area contributed by atoms with E-state index in [0.717, 1.165) is 10.6 Å². The minimum Gasteiger partial charge on any atom is -0.245 e. The van der Waals surface area contributed by atoms with Crippen LogP contribution < -0.4 is 0 Å². The fourth-order valence-corrected chi connectivity index (χ4v) is 2.00. The Bertz CT molecular complexity index is 306. The van der Waals surface area contributed by atoms with Crippen LogP contribution in [0.4, 0.5) is 4.39 Å². The van der Waals surface area contributed by atoms with E-state index in [1.807, 2.05) is 0 Å². The second-order valence-corrected chi connectivity index (χ2v) is 4.85. The molecule has 0 saturated carbocycles. The molecule has 0 unspecified atom stereocenters. The Kier molecular flexibility index (Phi) is 2.40. The molecule has 0 spiro atoms. The van der Waals surface area contributed by atoms with Crippen molar-refractivity contribution >= 4 is 10.0 Å². The molecule has 0 N–H and O–H groups in total. The monoisotopic (exact) mass is 191 g/mol. The van der Waals surface area contributed by atoms with Crippen LogP contribution in [0.3, 0.4) is 0 Å². The number of hydrogen-bond donors (Lipinski definition) is 0. The molecule has 2 atom stereocenters. The Morgan fingerprint density at radius 3 is 2.42 bits per heavy atom. The van der Waals surface area contributed by atoms with Crippen molar-refractivity contribution in [3.63, 3.8) is 0 Å². The van der Waals surface area contributed by atoms with Crippen molar-refractivity contribution in [3.8, 4) is 12.3 Å². The maximum atomic E-state index is 12.9. The van der Waals surface area contributed by atoms with Gasteiger partial charge < -0.3 is 0 Å². The second kappa shape index (κ2) is 3.04. The van der Waals surface area contributed by atoms with Crippen molar-refractivity contribution in [1.82, 2.24) is 4.31 Å². The number of halogens is 1. The molecule has 1 fully saturated rings. The quantitative estimate of drug-likeness (QED) is 0.540. The van der Waals surface area contributed by atoms with Crippen molar-refractivity contribution in [2.75, 3.05) is 19.3 Å². The third kappa shape index (κ3) is 1.76. The Labute approximate surface area is 71.6 Å². The molecule has 1 heterocycles. The zero-order chi connectivity index (χ0) is 9.35. The van der Waals surface area contributed by atoms with E-state index >= 15 is 0 Å². The van der Waals surface area contributed by atoms with Crippen LogP contribution >= 0.6 is 0 Å². The highest BCUT2D eigenvalue weighted by Crippen LogP contribution is 2.21. The highest BCUT2D eigenvalue weighted by molar-refractivity contribution is 7.88. The fraction of sp³-hybridized carbons (Fsp3) is 0.714. The number of sulfonamides is 1. The van der Waals surface area contributed by atoms with E-state index in [2.05, 4.69) is 5.92 Å². The molecule has 0 amide bonds. The van der Waals surface area contributed by atoms with Gasteiger partial charge in [0.05, 0.1) is 12.2 Å². The molecule has 12 heavy (non-hydrogen) atoms. The summed E-state index contributed by atoms with van der Waals surface area (Å²) in [5.74, 6) is 1.65. The predicted molar refractivity (Wildman–Crippen MR) is 43.6 cm³/mol. The van der Waals surface area contributed by atoms with E-state index < -0.39 is 22.1 Å². The predicted octanol–water partition coefficient (Wildman–Crippen LogP) is -0.151. The van der Waals surface area contributed by atoms with Crippen LogP contribution in [0.1, 0.15) is 0 Å². The summed E-state index contributed by atoms with van der Waals surface area (Å²) < 4.78 is 35.9. The number of nitrogens with zero attached hydrogens (tertiary/aromatic N) is 1. The van der Waals surface area contributed by atoms with Crippen molar-refractivity contribution in [1.29, 1.82) is 0 Å². The van der Waals surface area contributed by atoms with Crippen LogP contribution in [0.15, 0.2) is 0 Å². The summed E-state index contributed by atoms with van der Waals surface area (Å²) in [5, 5.41) is 0. The minimum absolute atomic E-state index is 0.103. The zero-order valence-corrected chi connectivity index (χ0v) is 7.51. The van der Waals surface area contributed by atoms with Crippen molar-refractivity contribution in [3.05, 3.63) is 0 Å². The number of rotatable bonds is 1. The van der Waals surface area contributed by atoms with Gasteiger partial charge in [-0.15, -0.1) is 6.42 Å². The van der Waals surface area contributed by atoms with Gasteiger partial charge in [-0.05, 0) is 0 Å². The highest BCUT2D eigenvalue weighted by atomic mass is 32.2. The maximum Gasteiger partial charge on any atom is 0.211 e. The highest BCUT2D eigenvalue weighted by Gasteiger charge is 2.35. The minimum atomic E-state index is -3.28. The van der Waals surface area contributed by atoms with Crippen molar-refractivity contribution in [2.45, 2.75) is 6.17 Å². The Hall–Kier alpha value is -0.600. The molecule has 0 aromatic heterocycles. The van der Waals surface area contributed by atoms with Gasteiger partial charge in [-0.1, -0.05) is 5.92 Å². The van der Waals surface area contributed by atoms with Crippen LogP contribution in [0.5, 0.6) is 0 Å². The standard InChI is InChI=1S/C7H10FNO2S/c1-3-6-4-9(5-7(6)8)12(2,10)11/h1,6-7H,4-5H2,2H3/t6-,7+/m0/s1. The first-order valence-electron chi connectivity index (χ1n) is 3.50. The summed E-state index contributed by atoms with van der Waals surface area (Å²) in [6.45, 7) is 0.00417. The summed E-state index contributed by atoms with van der Waals surface area (Å²) in [5.41, 5.74) is 0. The van der Waals surface area contributed by atoms with E-state index in [1.165, 1.54) is 0 Å². The van der Waals surface area contributed by atoms with Gasteiger partial charge in [0.2, 0.25) is 10.0 Å². The molecule has 0 bridgehead atoms. The molecule has 0 aromatic carbocycles. The first kappa shape index (κ1) is 9.49. The van der Waals surface area contributed by atoms with Crippen LogP contribution in [-0.2, 0) is 10.0 Å². The average molecular weight is 191 g/mol. The first-order valence-corrected chi connectivity index (χ1v) is 5.35. The topological polar surface area (TPSA) is 37.4 Å². The third-order valence-corrected chi connectivity index (χ3v) is 3.13. The van der Waals surface area contributed by atoms with Gasteiger partial charge in [0.1, 0.15) is 6.17 Å². The van der Waals surface area contributed by atoms with Crippen molar-refractivity contribution < 1.29 is 12.8 Å². The van der Waals surface area contributed by atoms with Gasteiger partial charge in [0.15, 0.2) is 0 Å². The Balaban J connectivity index is 2.75. The van der Waals surface area contributed by atoms with Gasteiger partial charge in [0.25, 0.3) is 0 Å². The van der Waals surface area contributed by atoms with E-state index in [-0.39, 0.29) is 13.1 Å². The normalized spacial score (nSPS) is 31.8. The lowest BCUT2D eigenvalue weighted by Gasteiger charge is -2.10. The molecule has 0 radical (unpaired) electrons. The average Bonchev–Trinajstić information content (AvgIpc) is 2.29. The SMILES string of the molecule is C#C[C@H]1CN(S(C)(=O)=O)C[C@H]1F. The Morgan fingerprint density at radius 1 is 1.58 bits per heavy atom. The van der Waals surface area contributed by atoms with Gasteiger partial charge >= 0.3 is 0 Å². The molecular formula is C7H10FNO2S. The smallest absolute Gasteiger partial charge is 0.211 e. The molecular weight excluding hydrogens is 181 g/mol. The summed E-state index contributed by atoms with van der Waals surface area (Å²) in [6.07, 6.45) is 4.85. The van der Waals surface area contributed by atoms with Gasteiger partial charge in [-0.3, -0.25) is 0 Å². The second-order valence-electron chi connectivity index (χ2n) is 2.87. The van der Waals surface area contributed by atoms with Gasteiger partial charge in [0, 0.05) is 13.1 Å². The number of terminal acetylenes is 1. The molecule has 68 valence electrons. The maximum absolute atomic E-state index is 12.9. The largest absolute Gasteiger partial charge is 0.245 e. The molecule has 1 aliphatic heterocycles. The van der Waals surface area contributed by atoms with Crippen LogP contribution in [0, 0.1) is 18.3 Å². The molecule has 3 nitrogen and oxygen atoms in total. The summed E-state index contributed by atoms with van der Waals surface area (Å²) in [4.78, 5) is 0. The lowest BCUT2D eigenvalue weighted by Crippen LogP contribution is -2.27.